The van der Waals surface area contributed by atoms with Crippen molar-refractivity contribution in [3.63, 3.8) is 0 Å². The number of anilines is 1. The first-order valence-electron chi connectivity index (χ1n) is 7.80. The van der Waals surface area contributed by atoms with Gasteiger partial charge in [0.05, 0.1) is 5.69 Å². The minimum absolute atomic E-state index is 0.254. The lowest BCUT2D eigenvalue weighted by Gasteiger charge is -2.20. The Balaban J connectivity index is 1.83. The molecule has 0 amide bonds. The molecule has 1 aromatic heterocycles. The van der Waals surface area contributed by atoms with Crippen molar-refractivity contribution < 1.29 is 17.5 Å². The van der Waals surface area contributed by atoms with Crippen molar-refractivity contribution in [3.8, 4) is 11.6 Å². The quantitative estimate of drug-likeness (QED) is 0.593. The van der Waals surface area contributed by atoms with E-state index in [1.54, 1.807) is 31.2 Å². The zero-order valence-electron chi connectivity index (χ0n) is 14.4. The molecule has 27 heavy (non-hydrogen) atoms. The Morgan fingerprint density at radius 3 is 2.37 bits per heavy atom. The van der Waals surface area contributed by atoms with E-state index < -0.39 is 15.8 Å². The highest BCUT2D eigenvalue weighted by molar-refractivity contribution is 7.92. The summed E-state index contributed by atoms with van der Waals surface area (Å²) in [5.74, 6) is 0.363. The van der Waals surface area contributed by atoms with Crippen molar-refractivity contribution in [1.82, 2.24) is 9.97 Å². The van der Waals surface area contributed by atoms with Gasteiger partial charge in [-0.1, -0.05) is 23.7 Å². The minimum atomic E-state index is -4.03. The van der Waals surface area contributed by atoms with Crippen molar-refractivity contribution >= 4 is 27.3 Å². The van der Waals surface area contributed by atoms with Gasteiger partial charge in [0.1, 0.15) is 27.4 Å². The lowest BCUT2D eigenvalue weighted by Crippen LogP contribution is -2.27. The van der Waals surface area contributed by atoms with Gasteiger partial charge in [0.25, 0.3) is 10.0 Å². The summed E-state index contributed by atoms with van der Waals surface area (Å²) < 4.78 is 45.7. The van der Waals surface area contributed by atoms with Gasteiger partial charge in [-0.15, -0.1) is 0 Å². The van der Waals surface area contributed by atoms with E-state index in [2.05, 4.69) is 9.97 Å². The molecule has 140 valence electrons. The molecule has 0 aliphatic rings. The van der Waals surface area contributed by atoms with Crippen molar-refractivity contribution in [3.05, 3.63) is 71.4 Å². The van der Waals surface area contributed by atoms with Gasteiger partial charge in [0, 0.05) is 13.1 Å². The molecule has 1 heterocycles. The van der Waals surface area contributed by atoms with E-state index in [1.165, 1.54) is 31.3 Å². The molecule has 6 nitrogen and oxygen atoms in total. The van der Waals surface area contributed by atoms with Crippen LogP contribution in [-0.4, -0.2) is 25.4 Å². The fourth-order valence-electron chi connectivity index (χ4n) is 2.34. The van der Waals surface area contributed by atoms with Gasteiger partial charge in [0.15, 0.2) is 0 Å². The zero-order chi connectivity index (χ0) is 19.6. The number of rotatable bonds is 5. The van der Waals surface area contributed by atoms with Gasteiger partial charge in [-0.3, -0.25) is 4.31 Å². The monoisotopic (exact) mass is 407 g/mol. The molecule has 3 aromatic rings. The second-order valence-electron chi connectivity index (χ2n) is 5.58. The summed E-state index contributed by atoms with van der Waals surface area (Å²) in [6.45, 7) is 1.68. The number of hydrogen-bond acceptors (Lipinski definition) is 5. The van der Waals surface area contributed by atoms with Crippen LogP contribution in [0.3, 0.4) is 0 Å². The molecule has 0 saturated carbocycles. The van der Waals surface area contributed by atoms with Crippen molar-refractivity contribution in [2.24, 2.45) is 0 Å². The molecule has 0 radical (unpaired) electrons. The number of halogens is 2. The van der Waals surface area contributed by atoms with Crippen LogP contribution in [0.1, 0.15) is 5.82 Å². The second-order valence-corrected chi connectivity index (χ2v) is 7.90. The van der Waals surface area contributed by atoms with E-state index in [9.17, 15) is 12.8 Å². The maximum atomic E-state index is 13.9. The summed E-state index contributed by atoms with van der Waals surface area (Å²) in [6.07, 6.45) is 0. The predicted octanol–water partition coefficient (Wildman–Crippen LogP) is 4.19. The third-order valence-corrected chi connectivity index (χ3v) is 5.69. The molecule has 0 N–H and O–H groups in total. The van der Waals surface area contributed by atoms with Crippen LogP contribution in [0, 0.1) is 12.7 Å². The molecule has 9 heteroatoms. The molecule has 0 bridgehead atoms. The lowest BCUT2D eigenvalue weighted by atomic mass is 10.3. The first-order valence-corrected chi connectivity index (χ1v) is 9.62. The highest BCUT2D eigenvalue weighted by atomic mass is 35.5. The number of hydrogen-bond donors (Lipinski definition) is 0. The van der Waals surface area contributed by atoms with Crippen LogP contribution in [0.4, 0.5) is 10.1 Å². The third kappa shape index (κ3) is 4.17. The average molecular weight is 408 g/mol. The second kappa shape index (κ2) is 7.50. The van der Waals surface area contributed by atoms with E-state index >= 15 is 0 Å². The summed E-state index contributed by atoms with van der Waals surface area (Å²) in [5.41, 5.74) is 0.350. The molecule has 0 spiro atoms. The summed E-state index contributed by atoms with van der Waals surface area (Å²) in [6, 6.07) is 12.9. The number of benzene rings is 2. The number of sulfonamides is 1. The van der Waals surface area contributed by atoms with Crippen molar-refractivity contribution in [2.75, 3.05) is 11.4 Å². The molecular formula is C18H15ClFN3O3S. The maximum absolute atomic E-state index is 13.9. The van der Waals surface area contributed by atoms with Gasteiger partial charge in [-0.05, 0) is 43.3 Å². The van der Waals surface area contributed by atoms with Crippen LogP contribution < -0.4 is 9.04 Å². The standard InChI is InChI=1S/C18H15ClFN3O3S/c1-12-21-17(19)11-18(22-12)26-14-9-7-13(8-10-14)23(2)27(24,25)16-6-4-3-5-15(16)20/h3-11H,1-2H3. The predicted molar refractivity (Wildman–Crippen MR) is 100 cm³/mol. The fourth-order valence-corrected chi connectivity index (χ4v) is 3.82. The Morgan fingerprint density at radius 2 is 1.74 bits per heavy atom. The zero-order valence-corrected chi connectivity index (χ0v) is 16.0. The molecule has 0 aliphatic heterocycles. The Bertz CT molecular complexity index is 1060. The molecule has 2 aromatic carbocycles. The number of nitrogens with zero attached hydrogens (tertiary/aromatic N) is 3. The molecule has 0 aliphatic carbocycles. The summed E-state index contributed by atoms with van der Waals surface area (Å²) in [5, 5.41) is 0.254. The van der Waals surface area contributed by atoms with E-state index in [-0.39, 0.29) is 15.9 Å². The SMILES string of the molecule is Cc1nc(Cl)cc(Oc2ccc(N(C)S(=O)(=O)c3ccccc3F)cc2)n1. The van der Waals surface area contributed by atoms with Gasteiger partial charge in [-0.2, -0.15) is 4.98 Å². The van der Waals surface area contributed by atoms with Gasteiger partial charge < -0.3 is 4.74 Å². The first kappa shape index (κ1) is 19.1. The van der Waals surface area contributed by atoms with E-state index in [1.807, 2.05) is 0 Å². The van der Waals surface area contributed by atoms with E-state index in [0.717, 1.165) is 10.4 Å². The molecule has 0 atom stereocenters. The molecular weight excluding hydrogens is 393 g/mol. The topological polar surface area (TPSA) is 72.4 Å². The third-order valence-electron chi connectivity index (χ3n) is 3.68. The van der Waals surface area contributed by atoms with Crippen molar-refractivity contribution in [1.29, 1.82) is 0 Å². The largest absolute Gasteiger partial charge is 0.439 e. The van der Waals surface area contributed by atoms with Crippen LogP contribution in [-0.2, 0) is 10.0 Å². The Kier molecular flexibility index (Phi) is 5.29. The smallest absolute Gasteiger partial charge is 0.266 e. The molecule has 3 rings (SSSR count). The number of ether oxygens (including phenoxy) is 1. The van der Waals surface area contributed by atoms with Crippen molar-refractivity contribution in [2.45, 2.75) is 11.8 Å². The fraction of sp³-hybridized carbons (Fsp3) is 0.111. The summed E-state index contributed by atoms with van der Waals surface area (Å²) in [7, 11) is -2.67. The average Bonchev–Trinajstić information content (AvgIpc) is 2.61. The van der Waals surface area contributed by atoms with Crippen LogP contribution in [0.25, 0.3) is 0 Å². The maximum Gasteiger partial charge on any atom is 0.266 e. The molecule has 0 unspecified atom stereocenters. The van der Waals surface area contributed by atoms with E-state index in [4.69, 9.17) is 16.3 Å². The normalized spacial score (nSPS) is 11.3. The molecule has 0 fully saturated rings. The summed E-state index contributed by atoms with van der Waals surface area (Å²) >= 11 is 5.87. The van der Waals surface area contributed by atoms with Gasteiger partial charge in [0.2, 0.25) is 5.88 Å². The first-order chi connectivity index (χ1) is 12.8. The summed E-state index contributed by atoms with van der Waals surface area (Å²) in [4.78, 5) is 7.67. The number of aromatic nitrogens is 2. The minimum Gasteiger partial charge on any atom is -0.439 e. The van der Waals surface area contributed by atoms with Crippen LogP contribution in [0.5, 0.6) is 11.6 Å². The Hall–Kier alpha value is -2.71. The van der Waals surface area contributed by atoms with Crippen LogP contribution >= 0.6 is 11.6 Å². The van der Waals surface area contributed by atoms with E-state index in [0.29, 0.717) is 17.3 Å². The lowest BCUT2D eigenvalue weighted by molar-refractivity contribution is 0.460. The highest BCUT2D eigenvalue weighted by Crippen LogP contribution is 2.27. The highest BCUT2D eigenvalue weighted by Gasteiger charge is 2.24. The van der Waals surface area contributed by atoms with Gasteiger partial charge in [-0.25, -0.2) is 17.8 Å². The van der Waals surface area contributed by atoms with Crippen LogP contribution in [0.15, 0.2) is 59.5 Å². The van der Waals surface area contributed by atoms with Crippen LogP contribution in [0.2, 0.25) is 5.15 Å². The molecule has 0 saturated heterocycles. The Labute approximate surface area is 161 Å². The Morgan fingerprint density at radius 1 is 1.07 bits per heavy atom. The van der Waals surface area contributed by atoms with Gasteiger partial charge >= 0.3 is 0 Å². The number of aryl methyl sites for hydroxylation is 1.